The quantitative estimate of drug-likeness (QED) is 0.892. The van der Waals surface area contributed by atoms with Gasteiger partial charge in [-0.15, -0.1) is 0 Å². The lowest BCUT2D eigenvalue weighted by molar-refractivity contribution is 0.199. The van der Waals surface area contributed by atoms with Gasteiger partial charge in [0.15, 0.2) is 0 Å². The Balaban J connectivity index is 1.77. The second kappa shape index (κ2) is 6.21. The average molecular weight is 333 g/mol. The number of nitrogens with zero attached hydrogens (tertiary/aromatic N) is 4. The number of aromatic nitrogens is 3. The van der Waals surface area contributed by atoms with Crippen LogP contribution in [0, 0.1) is 6.92 Å². The molecule has 122 valence electrons. The lowest BCUT2D eigenvalue weighted by Gasteiger charge is -2.38. The highest BCUT2D eigenvalue weighted by Crippen LogP contribution is 2.34. The number of pyridine rings is 1. The third-order valence-electron chi connectivity index (χ3n) is 3.77. The summed E-state index contributed by atoms with van der Waals surface area (Å²) in [4.78, 5) is 13.0. The Bertz CT molecular complexity index is 795. The minimum absolute atomic E-state index is 0.192. The standard InChI is InChI=1S/C15H19N5O2S/c1-11-18-13(14-6-8-20(14)23(2,21)22)9-15(19-11)17-10-12-5-3-4-7-16-12/h3-5,7,9,14H,6,8,10H2,1-2H3,(H,17,18,19)/t14-/m0/s1. The molecule has 1 atom stereocenters. The molecule has 8 heteroatoms. The van der Waals surface area contributed by atoms with Crippen LogP contribution in [0.4, 0.5) is 5.82 Å². The van der Waals surface area contributed by atoms with Crippen molar-refractivity contribution in [2.45, 2.75) is 25.9 Å². The highest BCUT2D eigenvalue weighted by molar-refractivity contribution is 7.88. The summed E-state index contributed by atoms with van der Waals surface area (Å²) in [6, 6.07) is 7.35. The number of hydrogen-bond acceptors (Lipinski definition) is 6. The van der Waals surface area contributed by atoms with E-state index in [9.17, 15) is 8.42 Å². The molecule has 0 radical (unpaired) electrons. The van der Waals surface area contributed by atoms with E-state index in [1.807, 2.05) is 24.3 Å². The summed E-state index contributed by atoms with van der Waals surface area (Å²) in [7, 11) is -3.20. The third kappa shape index (κ3) is 3.65. The molecule has 0 unspecified atom stereocenters. The molecule has 3 heterocycles. The van der Waals surface area contributed by atoms with E-state index in [2.05, 4.69) is 20.3 Å². The zero-order valence-corrected chi connectivity index (χ0v) is 13.9. The average Bonchev–Trinajstić information content (AvgIpc) is 2.43. The van der Waals surface area contributed by atoms with Crippen molar-refractivity contribution in [3.8, 4) is 0 Å². The van der Waals surface area contributed by atoms with Crippen molar-refractivity contribution >= 4 is 15.8 Å². The SMILES string of the molecule is Cc1nc(NCc2ccccn2)cc([C@@H]2CCN2S(C)(=O)=O)n1. The Hall–Kier alpha value is -2.06. The van der Waals surface area contributed by atoms with Crippen molar-refractivity contribution in [2.24, 2.45) is 0 Å². The van der Waals surface area contributed by atoms with Crippen LogP contribution in [0.1, 0.15) is 29.7 Å². The van der Waals surface area contributed by atoms with E-state index < -0.39 is 10.0 Å². The minimum Gasteiger partial charge on any atom is -0.364 e. The molecule has 0 aromatic carbocycles. The van der Waals surface area contributed by atoms with Gasteiger partial charge in [0, 0.05) is 18.8 Å². The summed E-state index contributed by atoms with van der Waals surface area (Å²) in [6.45, 7) is 2.90. The first-order valence-electron chi connectivity index (χ1n) is 7.39. The van der Waals surface area contributed by atoms with Gasteiger partial charge in [-0.3, -0.25) is 4.98 Å². The van der Waals surface area contributed by atoms with Crippen molar-refractivity contribution in [3.05, 3.63) is 47.7 Å². The van der Waals surface area contributed by atoms with Gasteiger partial charge in [-0.25, -0.2) is 18.4 Å². The summed E-state index contributed by atoms with van der Waals surface area (Å²) in [6.07, 6.45) is 3.75. The predicted octanol–water partition coefficient (Wildman–Crippen LogP) is 1.50. The van der Waals surface area contributed by atoms with Gasteiger partial charge in [0.25, 0.3) is 0 Å². The fraction of sp³-hybridized carbons (Fsp3) is 0.400. The van der Waals surface area contributed by atoms with Crippen LogP contribution in [-0.2, 0) is 16.6 Å². The molecule has 0 amide bonds. The first kappa shape index (κ1) is 15.8. The topological polar surface area (TPSA) is 88.1 Å². The summed E-state index contributed by atoms with van der Waals surface area (Å²) >= 11 is 0. The summed E-state index contributed by atoms with van der Waals surface area (Å²) in [5.41, 5.74) is 1.64. The van der Waals surface area contributed by atoms with Crippen LogP contribution >= 0.6 is 0 Å². The van der Waals surface area contributed by atoms with Crippen molar-refractivity contribution in [2.75, 3.05) is 18.1 Å². The van der Waals surface area contributed by atoms with E-state index in [0.29, 0.717) is 24.7 Å². The summed E-state index contributed by atoms with van der Waals surface area (Å²) < 4.78 is 24.9. The largest absolute Gasteiger partial charge is 0.364 e. The van der Waals surface area contributed by atoms with Crippen LogP contribution in [0.3, 0.4) is 0 Å². The molecule has 23 heavy (non-hydrogen) atoms. The molecule has 0 spiro atoms. The molecule has 0 bridgehead atoms. The van der Waals surface area contributed by atoms with Crippen LogP contribution in [0.25, 0.3) is 0 Å². The number of aryl methyl sites for hydroxylation is 1. The fourth-order valence-electron chi connectivity index (χ4n) is 2.59. The maximum Gasteiger partial charge on any atom is 0.211 e. The van der Waals surface area contributed by atoms with E-state index >= 15 is 0 Å². The van der Waals surface area contributed by atoms with Gasteiger partial charge in [-0.1, -0.05) is 6.07 Å². The maximum absolute atomic E-state index is 11.7. The molecule has 0 aliphatic carbocycles. The highest BCUT2D eigenvalue weighted by atomic mass is 32.2. The smallest absolute Gasteiger partial charge is 0.211 e. The minimum atomic E-state index is -3.20. The molecule has 0 saturated carbocycles. The third-order valence-corrected chi connectivity index (χ3v) is 5.06. The van der Waals surface area contributed by atoms with Gasteiger partial charge in [-0.05, 0) is 25.5 Å². The summed E-state index contributed by atoms with van der Waals surface area (Å²) in [5, 5.41) is 3.22. The van der Waals surface area contributed by atoms with E-state index in [1.165, 1.54) is 10.6 Å². The fourth-order valence-corrected chi connectivity index (χ4v) is 3.70. The molecular weight excluding hydrogens is 314 g/mol. The Morgan fingerprint density at radius 1 is 1.35 bits per heavy atom. The molecule has 1 aliphatic rings. The molecule has 1 aliphatic heterocycles. The second-order valence-electron chi connectivity index (χ2n) is 5.58. The predicted molar refractivity (Wildman–Crippen MR) is 87.2 cm³/mol. The van der Waals surface area contributed by atoms with E-state index in [0.717, 1.165) is 17.8 Å². The number of rotatable bonds is 5. The Labute approximate surface area is 135 Å². The van der Waals surface area contributed by atoms with Gasteiger partial charge >= 0.3 is 0 Å². The van der Waals surface area contributed by atoms with Crippen LogP contribution in [0.5, 0.6) is 0 Å². The van der Waals surface area contributed by atoms with Crippen LogP contribution in [0.15, 0.2) is 30.5 Å². The van der Waals surface area contributed by atoms with Crippen molar-refractivity contribution < 1.29 is 8.42 Å². The molecule has 1 fully saturated rings. The number of hydrogen-bond donors (Lipinski definition) is 1. The molecule has 2 aromatic heterocycles. The Morgan fingerprint density at radius 3 is 2.78 bits per heavy atom. The van der Waals surface area contributed by atoms with Gasteiger partial charge < -0.3 is 5.32 Å². The highest BCUT2D eigenvalue weighted by Gasteiger charge is 2.37. The molecular formula is C15H19N5O2S. The van der Waals surface area contributed by atoms with E-state index in [1.54, 1.807) is 13.1 Å². The van der Waals surface area contributed by atoms with Crippen molar-refractivity contribution in [1.29, 1.82) is 0 Å². The monoisotopic (exact) mass is 333 g/mol. The van der Waals surface area contributed by atoms with Gasteiger partial charge in [0.1, 0.15) is 11.6 Å². The lowest BCUT2D eigenvalue weighted by Crippen LogP contribution is -2.44. The Morgan fingerprint density at radius 2 is 2.17 bits per heavy atom. The number of nitrogens with one attached hydrogen (secondary N) is 1. The zero-order valence-electron chi connectivity index (χ0n) is 13.1. The van der Waals surface area contributed by atoms with Crippen molar-refractivity contribution in [1.82, 2.24) is 19.3 Å². The normalized spacial score (nSPS) is 18.4. The summed E-state index contributed by atoms with van der Waals surface area (Å²) in [5.74, 6) is 1.30. The van der Waals surface area contributed by atoms with Crippen LogP contribution in [0.2, 0.25) is 0 Å². The van der Waals surface area contributed by atoms with Gasteiger partial charge in [-0.2, -0.15) is 4.31 Å². The van der Waals surface area contributed by atoms with Crippen LogP contribution in [-0.4, -0.2) is 40.5 Å². The van der Waals surface area contributed by atoms with Crippen LogP contribution < -0.4 is 5.32 Å². The molecule has 1 N–H and O–H groups in total. The molecule has 1 saturated heterocycles. The van der Waals surface area contributed by atoms with Gasteiger partial charge in [0.2, 0.25) is 10.0 Å². The van der Waals surface area contributed by atoms with E-state index in [-0.39, 0.29) is 6.04 Å². The molecule has 2 aromatic rings. The maximum atomic E-state index is 11.7. The molecule has 7 nitrogen and oxygen atoms in total. The first-order valence-corrected chi connectivity index (χ1v) is 9.24. The zero-order chi connectivity index (χ0) is 16.4. The first-order chi connectivity index (χ1) is 10.9. The number of sulfonamides is 1. The van der Waals surface area contributed by atoms with Gasteiger partial charge in [0.05, 0.1) is 30.2 Å². The Kier molecular flexibility index (Phi) is 4.27. The lowest BCUT2D eigenvalue weighted by atomic mass is 10.0. The second-order valence-corrected chi connectivity index (χ2v) is 7.51. The number of anilines is 1. The van der Waals surface area contributed by atoms with E-state index in [4.69, 9.17) is 0 Å². The van der Waals surface area contributed by atoms with Crippen molar-refractivity contribution in [3.63, 3.8) is 0 Å². The molecule has 3 rings (SSSR count).